The molecule has 0 aliphatic heterocycles. The SMILES string of the molecule is CCC(C)C(C(=O)NCC(O)(CC)CC)c1ccccc1. The normalized spacial score (nSPS) is 14.5. The highest BCUT2D eigenvalue weighted by Gasteiger charge is 2.28. The average Bonchev–Trinajstić information content (AvgIpc) is 2.53. The Hall–Kier alpha value is -1.35. The van der Waals surface area contributed by atoms with E-state index in [2.05, 4.69) is 19.2 Å². The maximum Gasteiger partial charge on any atom is 0.227 e. The highest BCUT2D eigenvalue weighted by atomic mass is 16.3. The van der Waals surface area contributed by atoms with E-state index in [0.717, 1.165) is 12.0 Å². The zero-order valence-corrected chi connectivity index (χ0v) is 13.7. The molecule has 0 fully saturated rings. The summed E-state index contributed by atoms with van der Waals surface area (Å²) in [6, 6.07) is 9.89. The van der Waals surface area contributed by atoms with E-state index >= 15 is 0 Å². The number of carbonyl (C=O) groups is 1. The minimum atomic E-state index is -0.799. The van der Waals surface area contributed by atoms with Gasteiger partial charge in [-0.25, -0.2) is 0 Å². The van der Waals surface area contributed by atoms with Gasteiger partial charge >= 0.3 is 0 Å². The van der Waals surface area contributed by atoms with E-state index in [1.165, 1.54) is 0 Å². The number of hydrogen-bond donors (Lipinski definition) is 2. The largest absolute Gasteiger partial charge is 0.388 e. The summed E-state index contributed by atoms with van der Waals surface area (Å²) in [5.74, 6) is 0.119. The Balaban J connectivity index is 2.83. The molecule has 2 atom stereocenters. The standard InChI is InChI=1S/C18H29NO2/c1-5-14(4)16(15-11-9-8-10-12-15)17(20)19-13-18(21,6-2)7-3/h8-12,14,16,21H,5-7,13H2,1-4H3,(H,19,20). The summed E-state index contributed by atoms with van der Waals surface area (Å²) in [7, 11) is 0. The van der Waals surface area contributed by atoms with Gasteiger partial charge in [-0.2, -0.15) is 0 Å². The number of carbonyl (C=O) groups excluding carboxylic acids is 1. The van der Waals surface area contributed by atoms with Crippen LogP contribution in [0.2, 0.25) is 0 Å². The van der Waals surface area contributed by atoms with Crippen molar-refractivity contribution in [2.24, 2.45) is 5.92 Å². The van der Waals surface area contributed by atoms with E-state index in [-0.39, 0.29) is 17.7 Å². The van der Waals surface area contributed by atoms with Crippen molar-refractivity contribution < 1.29 is 9.90 Å². The molecular formula is C18H29NO2. The Kier molecular flexibility index (Phi) is 6.90. The van der Waals surface area contributed by atoms with Gasteiger partial charge in [0.2, 0.25) is 5.91 Å². The molecule has 0 saturated heterocycles. The van der Waals surface area contributed by atoms with Crippen LogP contribution in [0.1, 0.15) is 58.4 Å². The van der Waals surface area contributed by atoms with Gasteiger partial charge in [-0.15, -0.1) is 0 Å². The second-order valence-corrected chi connectivity index (χ2v) is 5.92. The van der Waals surface area contributed by atoms with Crippen LogP contribution in [-0.2, 0) is 4.79 Å². The maximum absolute atomic E-state index is 12.6. The lowest BCUT2D eigenvalue weighted by molar-refractivity contribution is -0.125. The molecule has 0 aliphatic carbocycles. The van der Waals surface area contributed by atoms with Gasteiger partial charge in [0, 0.05) is 6.54 Å². The lowest BCUT2D eigenvalue weighted by Gasteiger charge is -2.28. The third kappa shape index (κ3) is 4.85. The first-order valence-electron chi connectivity index (χ1n) is 8.02. The van der Waals surface area contributed by atoms with E-state index in [9.17, 15) is 9.90 Å². The molecule has 0 aromatic heterocycles. The molecule has 118 valence electrons. The summed E-state index contributed by atoms with van der Waals surface area (Å²) < 4.78 is 0. The summed E-state index contributed by atoms with van der Waals surface area (Å²) in [5.41, 5.74) is 0.243. The van der Waals surface area contributed by atoms with Crippen LogP contribution in [0.15, 0.2) is 30.3 Å². The first-order valence-corrected chi connectivity index (χ1v) is 8.02. The van der Waals surface area contributed by atoms with Crippen LogP contribution >= 0.6 is 0 Å². The molecule has 0 saturated carbocycles. The summed E-state index contributed by atoms with van der Waals surface area (Å²) in [4.78, 5) is 12.6. The molecule has 3 heteroatoms. The van der Waals surface area contributed by atoms with Crippen LogP contribution in [-0.4, -0.2) is 23.2 Å². The van der Waals surface area contributed by atoms with Crippen molar-refractivity contribution in [2.45, 2.75) is 58.5 Å². The number of benzene rings is 1. The van der Waals surface area contributed by atoms with Crippen LogP contribution in [0.4, 0.5) is 0 Å². The molecule has 0 aliphatic rings. The molecule has 2 N–H and O–H groups in total. The third-order valence-corrected chi connectivity index (χ3v) is 4.56. The van der Waals surface area contributed by atoms with Crippen molar-refractivity contribution in [1.82, 2.24) is 5.32 Å². The first kappa shape index (κ1) is 17.7. The van der Waals surface area contributed by atoms with Gasteiger partial charge in [0.15, 0.2) is 0 Å². The lowest BCUT2D eigenvalue weighted by Crippen LogP contribution is -2.44. The number of aliphatic hydroxyl groups is 1. The van der Waals surface area contributed by atoms with Gasteiger partial charge in [-0.05, 0) is 24.3 Å². The molecule has 0 spiro atoms. The van der Waals surface area contributed by atoms with Crippen molar-refractivity contribution in [3.8, 4) is 0 Å². The summed E-state index contributed by atoms with van der Waals surface area (Å²) >= 11 is 0. The summed E-state index contributed by atoms with van der Waals surface area (Å²) in [5, 5.41) is 13.3. The number of hydrogen-bond acceptors (Lipinski definition) is 2. The Morgan fingerprint density at radius 3 is 2.24 bits per heavy atom. The highest BCUT2D eigenvalue weighted by molar-refractivity contribution is 5.84. The second kappa shape index (κ2) is 8.18. The number of amides is 1. The van der Waals surface area contributed by atoms with Gasteiger partial charge in [0.1, 0.15) is 0 Å². The van der Waals surface area contributed by atoms with E-state index in [1.54, 1.807) is 0 Å². The van der Waals surface area contributed by atoms with Gasteiger partial charge < -0.3 is 10.4 Å². The van der Waals surface area contributed by atoms with E-state index in [1.807, 2.05) is 44.2 Å². The second-order valence-electron chi connectivity index (χ2n) is 5.92. The number of nitrogens with one attached hydrogen (secondary N) is 1. The topological polar surface area (TPSA) is 49.3 Å². The molecule has 3 nitrogen and oxygen atoms in total. The quantitative estimate of drug-likeness (QED) is 0.770. The zero-order chi connectivity index (χ0) is 15.9. The maximum atomic E-state index is 12.6. The molecule has 1 amide bonds. The van der Waals surface area contributed by atoms with Crippen molar-refractivity contribution in [3.63, 3.8) is 0 Å². The molecule has 0 heterocycles. The van der Waals surface area contributed by atoms with Crippen LogP contribution < -0.4 is 5.32 Å². The monoisotopic (exact) mass is 291 g/mol. The molecule has 2 unspecified atom stereocenters. The molecular weight excluding hydrogens is 262 g/mol. The minimum absolute atomic E-state index is 0.0101. The highest BCUT2D eigenvalue weighted by Crippen LogP contribution is 2.27. The van der Waals surface area contributed by atoms with Gasteiger partial charge in [-0.3, -0.25) is 4.79 Å². The van der Waals surface area contributed by atoms with Crippen molar-refractivity contribution >= 4 is 5.91 Å². The minimum Gasteiger partial charge on any atom is -0.388 e. The Morgan fingerprint density at radius 1 is 1.19 bits per heavy atom. The summed E-state index contributed by atoms with van der Waals surface area (Å²) in [6.07, 6.45) is 2.23. The molecule has 1 rings (SSSR count). The zero-order valence-electron chi connectivity index (χ0n) is 13.7. The average molecular weight is 291 g/mol. The molecule has 0 radical (unpaired) electrons. The van der Waals surface area contributed by atoms with E-state index < -0.39 is 5.60 Å². The van der Waals surface area contributed by atoms with Crippen LogP contribution in [0.3, 0.4) is 0 Å². The van der Waals surface area contributed by atoms with Gasteiger partial charge in [0.05, 0.1) is 11.5 Å². The molecule has 1 aromatic rings. The van der Waals surface area contributed by atoms with Crippen molar-refractivity contribution in [3.05, 3.63) is 35.9 Å². The fourth-order valence-corrected chi connectivity index (χ4v) is 2.50. The predicted molar refractivity (Wildman–Crippen MR) is 87.2 cm³/mol. The Morgan fingerprint density at radius 2 is 1.76 bits per heavy atom. The predicted octanol–water partition coefficient (Wildman–Crippen LogP) is 3.48. The van der Waals surface area contributed by atoms with Gasteiger partial charge in [-0.1, -0.05) is 64.4 Å². The fourth-order valence-electron chi connectivity index (χ4n) is 2.50. The summed E-state index contributed by atoms with van der Waals surface area (Å²) in [6.45, 7) is 8.40. The van der Waals surface area contributed by atoms with Crippen LogP contribution in [0, 0.1) is 5.92 Å². The van der Waals surface area contributed by atoms with E-state index in [4.69, 9.17) is 0 Å². The molecule has 1 aromatic carbocycles. The first-order chi connectivity index (χ1) is 9.97. The van der Waals surface area contributed by atoms with E-state index in [0.29, 0.717) is 19.4 Å². The molecule has 0 bridgehead atoms. The fraction of sp³-hybridized carbons (Fsp3) is 0.611. The Labute approximate surface area is 128 Å². The smallest absolute Gasteiger partial charge is 0.227 e. The molecule has 21 heavy (non-hydrogen) atoms. The van der Waals surface area contributed by atoms with Crippen LogP contribution in [0.25, 0.3) is 0 Å². The van der Waals surface area contributed by atoms with Gasteiger partial charge in [0.25, 0.3) is 0 Å². The number of rotatable bonds is 8. The third-order valence-electron chi connectivity index (χ3n) is 4.56. The Bertz CT molecular complexity index is 426. The van der Waals surface area contributed by atoms with Crippen molar-refractivity contribution in [2.75, 3.05) is 6.54 Å². The lowest BCUT2D eigenvalue weighted by atomic mass is 9.84. The van der Waals surface area contributed by atoms with Crippen molar-refractivity contribution in [1.29, 1.82) is 0 Å². The van der Waals surface area contributed by atoms with Crippen LogP contribution in [0.5, 0.6) is 0 Å².